The van der Waals surface area contributed by atoms with Crippen LogP contribution in [-0.4, -0.2) is 0 Å². The normalized spacial score (nSPS) is 13.7. The van der Waals surface area contributed by atoms with E-state index in [0.717, 1.165) is 0 Å². The van der Waals surface area contributed by atoms with Gasteiger partial charge >= 0.3 is 0 Å². The molecule has 0 bridgehead atoms. The number of fused-ring (bicyclic) bond motifs is 12. The third kappa shape index (κ3) is 4.12. The van der Waals surface area contributed by atoms with E-state index in [1.54, 1.807) is 0 Å². The van der Waals surface area contributed by atoms with Gasteiger partial charge in [0, 0.05) is 15.2 Å². The summed E-state index contributed by atoms with van der Waals surface area (Å²) >= 11 is 1.92. The van der Waals surface area contributed by atoms with Crippen molar-refractivity contribution in [3.63, 3.8) is 0 Å². The standard InChI is InChI=1S/C51H34S/c1-51(2)45-25-9-10-27-47(45)52-50-32(20-13-26-46(50)51)31-28-29-39-35-16-5-8-19-38(35)41-22-11-21-40-36-17-6-3-14-33(36)34-15-4-7-18-37(34)42-23-12-24-43(44(39)30-31)49(42)48(40)41/h3-30H,1-2H3. The van der Waals surface area contributed by atoms with Crippen LogP contribution in [0.15, 0.2) is 180 Å². The van der Waals surface area contributed by atoms with E-state index in [0.29, 0.717) is 0 Å². The Morgan fingerprint density at radius 3 is 1.31 bits per heavy atom. The molecule has 52 heavy (non-hydrogen) atoms. The van der Waals surface area contributed by atoms with Gasteiger partial charge in [0.1, 0.15) is 0 Å². The fourth-order valence-electron chi connectivity index (χ4n) is 9.26. The monoisotopic (exact) mass is 678 g/mol. The van der Waals surface area contributed by atoms with Gasteiger partial charge in [-0.2, -0.15) is 0 Å². The lowest BCUT2D eigenvalue weighted by atomic mass is 9.77. The molecule has 0 aromatic heterocycles. The van der Waals surface area contributed by atoms with Gasteiger partial charge in [0.2, 0.25) is 0 Å². The maximum atomic E-state index is 2.48. The average molecular weight is 679 g/mol. The molecule has 0 amide bonds. The minimum Gasteiger partial charge on any atom is -0.0888 e. The maximum absolute atomic E-state index is 2.48. The quantitative estimate of drug-likeness (QED) is 0.167. The molecule has 0 saturated carbocycles. The summed E-state index contributed by atoms with van der Waals surface area (Å²) in [6, 6.07) is 63.9. The Labute approximate surface area is 307 Å². The number of hydrogen-bond acceptors (Lipinski definition) is 1. The summed E-state index contributed by atoms with van der Waals surface area (Å²) in [5.74, 6) is 0. The Kier molecular flexibility index (Phi) is 6.34. The lowest BCUT2D eigenvalue weighted by Crippen LogP contribution is -2.23. The van der Waals surface area contributed by atoms with Crippen LogP contribution >= 0.6 is 11.8 Å². The lowest BCUT2D eigenvalue weighted by molar-refractivity contribution is 0.608. The Morgan fingerprint density at radius 1 is 0.346 bits per heavy atom. The number of rotatable bonds is 1. The molecule has 11 rings (SSSR count). The highest BCUT2D eigenvalue weighted by Gasteiger charge is 2.34. The minimum absolute atomic E-state index is 0.0885. The van der Waals surface area contributed by atoms with E-state index in [2.05, 4.69) is 184 Å². The summed E-state index contributed by atoms with van der Waals surface area (Å²) in [5, 5.41) is 15.3. The largest absolute Gasteiger partial charge is 0.0888 e. The molecule has 0 N–H and O–H groups in total. The average Bonchev–Trinajstić information content (AvgIpc) is 3.19. The maximum Gasteiger partial charge on any atom is 0.0241 e. The van der Waals surface area contributed by atoms with Gasteiger partial charge in [-0.05, 0) is 110 Å². The zero-order valence-corrected chi connectivity index (χ0v) is 29.9. The first-order chi connectivity index (χ1) is 25.6. The second-order valence-electron chi connectivity index (χ2n) is 14.8. The summed E-state index contributed by atoms with van der Waals surface area (Å²) in [7, 11) is 0. The molecule has 8 aromatic carbocycles. The molecule has 2 aliphatic carbocycles. The van der Waals surface area contributed by atoms with Gasteiger partial charge in [-0.3, -0.25) is 0 Å². The van der Waals surface area contributed by atoms with E-state index < -0.39 is 0 Å². The molecule has 1 aliphatic heterocycles. The first-order valence-corrected chi connectivity index (χ1v) is 19.0. The molecule has 244 valence electrons. The molecule has 0 saturated heterocycles. The first-order valence-electron chi connectivity index (χ1n) is 18.2. The highest BCUT2D eigenvalue weighted by atomic mass is 32.2. The van der Waals surface area contributed by atoms with Crippen LogP contribution in [0.4, 0.5) is 0 Å². The highest BCUT2D eigenvalue weighted by molar-refractivity contribution is 7.99. The Morgan fingerprint density at radius 2 is 0.750 bits per heavy atom. The summed E-state index contributed by atoms with van der Waals surface area (Å²) in [4.78, 5) is 2.71. The van der Waals surface area contributed by atoms with Crippen LogP contribution in [0.5, 0.6) is 0 Å². The predicted octanol–water partition coefficient (Wildman–Crippen LogP) is 14.7. The van der Waals surface area contributed by atoms with E-state index in [1.807, 2.05) is 11.8 Å². The van der Waals surface area contributed by atoms with Crippen LogP contribution in [0.3, 0.4) is 0 Å². The fourth-order valence-corrected chi connectivity index (χ4v) is 10.8. The molecule has 1 heteroatoms. The van der Waals surface area contributed by atoms with Crippen LogP contribution in [0.1, 0.15) is 25.0 Å². The van der Waals surface area contributed by atoms with E-state index >= 15 is 0 Å². The Hall–Kier alpha value is -5.89. The third-order valence-electron chi connectivity index (χ3n) is 11.7. The molecule has 0 atom stereocenters. The number of hydrogen-bond donors (Lipinski definition) is 0. The Balaban J connectivity index is 1.35. The van der Waals surface area contributed by atoms with Crippen molar-refractivity contribution < 1.29 is 0 Å². The van der Waals surface area contributed by atoms with Crippen molar-refractivity contribution in [2.75, 3.05) is 0 Å². The zero-order chi connectivity index (χ0) is 34.6. The third-order valence-corrected chi connectivity index (χ3v) is 12.9. The van der Waals surface area contributed by atoms with Gasteiger partial charge < -0.3 is 0 Å². The van der Waals surface area contributed by atoms with Crippen molar-refractivity contribution in [2.24, 2.45) is 0 Å². The second kappa shape index (κ2) is 11.1. The summed E-state index contributed by atoms with van der Waals surface area (Å²) < 4.78 is 0. The topological polar surface area (TPSA) is 0 Å². The van der Waals surface area contributed by atoms with Crippen LogP contribution in [-0.2, 0) is 5.41 Å². The van der Waals surface area contributed by atoms with Gasteiger partial charge in [-0.1, -0.05) is 183 Å². The van der Waals surface area contributed by atoms with Gasteiger partial charge in [-0.25, -0.2) is 0 Å². The van der Waals surface area contributed by atoms with Crippen molar-refractivity contribution >= 4 is 76.4 Å². The van der Waals surface area contributed by atoms with Gasteiger partial charge in [0.15, 0.2) is 0 Å². The van der Waals surface area contributed by atoms with Gasteiger partial charge in [-0.15, -0.1) is 0 Å². The molecule has 3 aliphatic rings. The fraction of sp³-hybridized carbons (Fsp3) is 0.0588. The summed E-state index contributed by atoms with van der Waals surface area (Å²) in [6.45, 7) is 4.75. The van der Waals surface area contributed by atoms with Crippen molar-refractivity contribution in [1.82, 2.24) is 0 Å². The smallest absolute Gasteiger partial charge is 0.0241 e. The van der Waals surface area contributed by atoms with E-state index in [9.17, 15) is 0 Å². The number of benzene rings is 8. The minimum atomic E-state index is -0.0885. The molecule has 0 radical (unpaired) electrons. The van der Waals surface area contributed by atoms with Gasteiger partial charge in [0.25, 0.3) is 0 Å². The summed E-state index contributed by atoms with van der Waals surface area (Å²) in [5.41, 5.74) is 7.87. The molecular weight excluding hydrogens is 645 g/mol. The molecule has 1 heterocycles. The summed E-state index contributed by atoms with van der Waals surface area (Å²) in [6.07, 6.45) is 0. The predicted molar refractivity (Wildman–Crippen MR) is 225 cm³/mol. The zero-order valence-electron chi connectivity index (χ0n) is 29.1. The van der Waals surface area contributed by atoms with Crippen molar-refractivity contribution in [2.45, 2.75) is 29.1 Å². The second-order valence-corrected chi connectivity index (χ2v) is 15.8. The van der Waals surface area contributed by atoms with Gasteiger partial charge in [0.05, 0.1) is 0 Å². The van der Waals surface area contributed by atoms with E-state index in [-0.39, 0.29) is 5.41 Å². The van der Waals surface area contributed by atoms with Crippen LogP contribution in [0, 0.1) is 0 Å². The molecule has 0 fully saturated rings. The van der Waals surface area contributed by atoms with Crippen molar-refractivity contribution in [3.8, 4) is 22.3 Å². The molecule has 0 spiro atoms. The molecule has 8 aromatic rings. The first kappa shape index (κ1) is 29.8. The molecular formula is C51H34S. The van der Waals surface area contributed by atoms with E-state index in [4.69, 9.17) is 0 Å². The highest BCUT2D eigenvalue weighted by Crippen LogP contribution is 2.53. The molecule has 0 nitrogen and oxygen atoms in total. The van der Waals surface area contributed by atoms with Crippen LogP contribution in [0.25, 0.3) is 86.9 Å². The van der Waals surface area contributed by atoms with Crippen LogP contribution in [0.2, 0.25) is 0 Å². The van der Waals surface area contributed by atoms with E-state index in [1.165, 1.54) is 108 Å². The lowest BCUT2D eigenvalue weighted by Gasteiger charge is -2.35. The Bertz CT molecular complexity index is 3130. The SMILES string of the molecule is CC1(C)c2ccccc2Sc2c(-c3ccc4c(c3)c3cccc5c3-c3c(cccc3c3ccccc34)c3ccccc3c3ccccc53)cccc21. The van der Waals surface area contributed by atoms with Crippen molar-refractivity contribution in [1.29, 1.82) is 0 Å². The van der Waals surface area contributed by atoms with Crippen molar-refractivity contribution in [3.05, 3.63) is 181 Å². The molecule has 0 unspecified atom stereocenters. The van der Waals surface area contributed by atoms with Crippen LogP contribution < -0.4 is 0 Å².